The van der Waals surface area contributed by atoms with Crippen LogP contribution in [0.4, 0.5) is 0 Å². The predicted octanol–water partition coefficient (Wildman–Crippen LogP) is 2.63. The van der Waals surface area contributed by atoms with Gasteiger partial charge in [-0.15, -0.1) is 0 Å². The van der Waals surface area contributed by atoms with Crippen LogP contribution in [0.1, 0.15) is 21.6 Å². The van der Waals surface area contributed by atoms with E-state index in [2.05, 4.69) is 15.2 Å². The lowest BCUT2D eigenvalue weighted by Gasteiger charge is -2.22. The molecule has 0 radical (unpaired) electrons. The summed E-state index contributed by atoms with van der Waals surface area (Å²) >= 11 is 6.06. The van der Waals surface area contributed by atoms with E-state index in [1.54, 1.807) is 26.0 Å². The predicted molar refractivity (Wildman–Crippen MR) is 111 cm³/mol. The molecule has 1 aromatic heterocycles. The maximum Gasteiger partial charge on any atom is 0.253 e. The number of aliphatic imine (C=N–C) groups is 1. The van der Waals surface area contributed by atoms with Gasteiger partial charge in [0.2, 0.25) is 0 Å². The van der Waals surface area contributed by atoms with Crippen molar-refractivity contribution in [2.45, 2.75) is 13.0 Å². The fourth-order valence-electron chi connectivity index (χ4n) is 2.86. The molecule has 0 aliphatic carbocycles. The zero-order valence-electron chi connectivity index (χ0n) is 16.7. The van der Waals surface area contributed by atoms with Gasteiger partial charge in [-0.05, 0) is 30.2 Å². The van der Waals surface area contributed by atoms with E-state index in [1.807, 2.05) is 55.2 Å². The second-order valence-electron chi connectivity index (χ2n) is 6.74. The van der Waals surface area contributed by atoms with E-state index in [4.69, 9.17) is 11.6 Å². The van der Waals surface area contributed by atoms with Gasteiger partial charge in [-0.2, -0.15) is 0 Å². The van der Waals surface area contributed by atoms with Gasteiger partial charge in [-0.3, -0.25) is 9.79 Å². The summed E-state index contributed by atoms with van der Waals surface area (Å²) in [5.74, 6) is 0.828. The highest BCUT2D eigenvalue weighted by Gasteiger charge is 2.11. The lowest BCUT2D eigenvalue weighted by molar-refractivity contribution is 0.0827. The first-order valence-electron chi connectivity index (χ1n) is 8.85. The zero-order valence-corrected chi connectivity index (χ0v) is 17.4. The van der Waals surface area contributed by atoms with E-state index >= 15 is 0 Å². The van der Waals surface area contributed by atoms with E-state index in [0.717, 1.165) is 35.2 Å². The van der Waals surface area contributed by atoms with Crippen LogP contribution in [0.3, 0.4) is 0 Å². The molecule has 7 heteroatoms. The standard InChI is InChI=1S/C20H28ClN5O/c1-22-20(26(5)14-18-12-17(21)13-25(18)4)23-10-9-15-7-6-8-16(11-15)19(27)24(2)3/h6-8,11-13H,9-10,14H2,1-5H3,(H,22,23). The molecule has 0 fully saturated rings. The largest absolute Gasteiger partial charge is 0.356 e. The van der Waals surface area contributed by atoms with Crippen molar-refractivity contribution in [2.75, 3.05) is 34.7 Å². The Morgan fingerprint density at radius 2 is 2.00 bits per heavy atom. The van der Waals surface area contributed by atoms with Crippen LogP contribution in [0.5, 0.6) is 0 Å². The summed E-state index contributed by atoms with van der Waals surface area (Å²) in [6.45, 7) is 1.43. The van der Waals surface area contributed by atoms with Crippen molar-refractivity contribution < 1.29 is 4.79 Å². The Morgan fingerprint density at radius 3 is 2.59 bits per heavy atom. The van der Waals surface area contributed by atoms with Crippen molar-refractivity contribution in [2.24, 2.45) is 12.0 Å². The van der Waals surface area contributed by atoms with Gasteiger partial charge in [0.25, 0.3) is 5.91 Å². The van der Waals surface area contributed by atoms with Gasteiger partial charge < -0.3 is 19.7 Å². The monoisotopic (exact) mass is 389 g/mol. The number of hydrogen-bond donors (Lipinski definition) is 1. The van der Waals surface area contributed by atoms with Crippen molar-refractivity contribution >= 4 is 23.5 Å². The van der Waals surface area contributed by atoms with E-state index in [1.165, 1.54) is 0 Å². The summed E-state index contributed by atoms with van der Waals surface area (Å²) in [6.07, 6.45) is 2.69. The van der Waals surface area contributed by atoms with Crippen molar-refractivity contribution in [3.8, 4) is 0 Å². The maximum atomic E-state index is 12.1. The Hall–Kier alpha value is -2.47. The van der Waals surface area contributed by atoms with E-state index in [-0.39, 0.29) is 5.91 Å². The molecule has 146 valence electrons. The van der Waals surface area contributed by atoms with Gasteiger partial charge >= 0.3 is 0 Å². The van der Waals surface area contributed by atoms with Crippen LogP contribution >= 0.6 is 11.6 Å². The molecule has 0 spiro atoms. The Balaban J connectivity index is 1.92. The number of aryl methyl sites for hydroxylation is 1. The van der Waals surface area contributed by atoms with Crippen LogP contribution in [-0.4, -0.2) is 61.0 Å². The second kappa shape index (κ2) is 9.46. The smallest absolute Gasteiger partial charge is 0.253 e. The lowest BCUT2D eigenvalue weighted by atomic mass is 10.1. The average molecular weight is 390 g/mol. The molecule has 1 heterocycles. The van der Waals surface area contributed by atoms with Crippen LogP contribution in [0.2, 0.25) is 5.02 Å². The third-order valence-electron chi connectivity index (χ3n) is 4.32. The summed E-state index contributed by atoms with van der Waals surface area (Å²) in [5, 5.41) is 4.11. The third-order valence-corrected chi connectivity index (χ3v) is 4.53. The molecule has 0 bridgehead atoms. The van der Waals surface area contributed by atoms with Gasteiger partial charge in [0.1, 0.15) is 0 Å². The first-order chi connectivity index (χ1) is 12.8. The number of carbonyl (C=O) groups excluding carboxylic acids is 1. The maximum absolute atomic E-state index is 12.1. The summed E-state index contributed by atoms with van der Waals surface area (Å²) in [7, 11) is 9.26. The highest BCUT2D eigenvalue weighted by molar-refractivity contribution is 6.30. The van der Waals surface area contributed by atoms with E-state index in [9.17, 15) is 4.79 Å². The van der Waals surface area contributed by atoms with Crippen molar-refractivity contribution in [3.63, 3.8) is 0 Å². The fraction of sp³-hybridized carbons (Fsp3) is 0.400. The molecule has 6 nitrogen and oxygen atoms in total. The second-order valence-corrected chi connectivity index (χ2v) is 7.18. The van der Waals surface area contributed by atoms with E-state index in [0.29, 0.717) is 12.1 Å². The molecular weight excluding hydrogens is 362 g/mol. The highest BCUT2D eigenvalue weighted by Crippen LogP contribution is 2.14. The first-order valence-corrected chi connectivity index (χ1v) is 9.22. The first kappa shape index (κ1) is 20.8. The quantitative estimate of drug-likeness (QED) is 0.610. The summed E-state index contributed by atoms with van der Waals surface area (Å²) in [5.41, 5.74) is 2.93. The minimum Gasteiger partial charge on any atom is -0.356 e. The summed E-state index contributed by atoms with van der Waals surface area (Å²) in [6, 6.07) is 9.71. The van der Waals surface area contributed by atoms with Crippen LogP contribution in [0, 0.1) is 0 Å². The molecule has 1 amide bonds. The van der Waals surface area contributed by atoms with Crippen molar-refractivity contribution in [1.29, 1.82) is 0 Å². The molecule has 0 atom stereocenters. The van der Waals surface area contributed by atoms with Gasteiger partial charge in [-0.25, -0.2) is 0 Å². The van der Waals surface area contributed by atoms with Gasteiger partial charge in [-0.1, -0.05) is 23.7 Å². The zero-order chi connectivity index (χ0) is 20.0. The fourth-order valence-corrected chi connectivity index (χ4v) is 3.13. The number of rotatable bonds is 6. The highest BCUT2D eigenvalue weighted by atomic mass is 35.5. The Kier molecular flexibility index (Phi) is 7.30. The molecule has 0 unspecified atom stereocenters. The Morgan fingerprint density at radius 1 is 1.26 bits per heavy atom. The number of nitrogens with one attached hydrogen (secondary N) is 1. The van der Waals surface area contributed by atoms with Crippen LogP contribution in [0.25, 0.3) is 0 Å². The SMILES string of the molecule is CN=C(NCCc1cccc(C(=O)N(C)C)c1)N(C)Cc1cc(Cl)cn1C. The minimum atomic E-state index is 0.0154. The van der Waals surface area contributed by atoms with E-state index < -0.39 is 0 Å². The number of carbonyl (C=O) groups is 1. The van der Waals surface area contributed by atoms with Gasteiger partial charge in [0.05, 0.1) is 11.6 Å². The molecule has 1 aromatic carbocycles. The summed E-state index contributed by atoms with van der Waals surface area (Å²) < 4.78 is 2.01. The Bertz CT molecular complexity index is 812. The van der Waals surface area contributed by atoms with Gasteiger partial charge in [0.15, 0.2) is 5.96 Å². The van der Waals surface area contributed by atoms with Crippen LogP contribution in [0.15, 0.2) is 41.5 Å². The molecule has 2 rings (SSSR count). The van der Waals surface area contributed by atoms with Crippen molar-refractivity contribution in [1.82, 2.24) is 19.7 Å². The summed E-state index contributed by atoms with van der Waals surface area (Å²) in [4.78, 5) is 20.1. The topological polar surface area (TPSA) is 52.9 Å². The molecule has 0 saturated carbocycles. The molecule has 0 aliphatic heterocycles. The number of hydrogen-bond acceptors (Lipinski definition) is 2. The molecule has 2 aromatic rings. The van der Waals surface area contributed by atoms with Crippen LogP contribution in [-0.2, 0) is 20.0 Å². The number of guanidine groups is 1. The number of nitrogens with zero attached hydrogens (tertiary/aromatic N) is 4. The van der Waals surface area contributed by atoms with Crippen LogP contribution < -0.4 is 5.32 Å². The molecule has 0 saturated heterocycles. The van der Waals surface area contributed by atoms with Gasteiger partial charge in [0, 0.05) is 59.2 Å². The molecule has 0 aliphatic rings. The third kappa shape index (κ3) is 5.76. The number of amides is 1. The number of benzene rings is 1. The Labute approximate surface area is 166 Å². The lowest BCUT2D eigenvalue weighted by Crippen LogP contribution is -2.39. The normalized spacial score (nSPS) is 11.4. The minimum absolute atomic E-state index is 0.0154. The number of aromatic nitrogens is 1. The molecule has 1 N–H and O–H groups in total. The average Bonchev–Trinajstić information content (AvgIpc) is 2.95. The molecule has 27 heavy (non-hydrogen) atoms. The van der Waals surface area contributed by atoms with Crippen molar-refractivity contribution in [3.05, 3.63) is 58.4 Å². The molecular formula is C20H28ClN5O. The number of halogens is 1.